The van der Waals surface area contributed by atoms with Crippen LogP contribution in [0.4, 0.5) is 5.69 Å². The first-order valence-electron chi connectivity index (χ1n) is 10.0. The van der Waals surface area contributed by atoms with E-state index in [4.69, 9.17) is 4.74 Å². The number of para-hydroxylation sites is 1. The number of ether oxygens (including phenoxy) is 1. The molecule has 7 heteroatoms. The number of amides is 2. The first-order valence-corrected chi connectivity index (χ1v) is 11.0. The molecule has 0 bridgehead atoms. The molecule has 0 aromatic heterocycles. The molecule has 3 aliphatic rings. The second-order valence-electron chi connectivity index (χ2n) is 7.74. The quantitative estimate of drug-likeness (QED) is 0.725. The van der Waals surface area contributed by atoms with E-state index >= 15 is 0 Å². The van der Waals surface area contributed by atoms with Crippen LogP contribution in [0.2, 0.25) is 0 Å². The number of methoxy groups -OCH3 is 1. The third-order valence-corrected chi connectivity index (χ3v) is 7.25. The molecular formula is C21H26N2O4S. The Morgan fingerprint density at radius 1 is 1.21 bits per heavy atom. The molecule has 2 heterocycles. The van der Waals surface area contributed by atoms with E-state index in [9.17, 15) is 14.4 Å². The van der Waals surface area contributed by atoms with Gasteiger partial charge in [-0.05, 0) is 37.3 Å². The first kappa shape index (κ1) is 19.3. The van der Waals surface area contributed by atoms with Crippen LogP contribution in [0.25, 0.3) is 0 Å². The fourth-order valence-corrected chi connectivity index (χ4v) is 5.84. The fourth-order valence-electron chi connectivity index (χ4n) is 4.90. The van der Waals surface area contributed by atoms with Crippen molar-refractivity contribution in [2.75, 3.05) is 24.3 Å². The first-order chi connectivity index (χ1) is 13.6. The Hall–Kier alpha value is -2.02. The van der Waals surface area contributed by atoms with E-state index in [1.807, 2.05) is 24.3 Å². The molecule has 1 saturated heterocycles. The maximum absolute atomic E-state index is 13.2. The molecule has 0 radical (unpaired) electrons. The van der Waals surface area contributed by atoms with Gasteiger partial charge in [-0.1, -0.05) is 25.0 Å². The lowest BCUT2D eigenvalue weighted by molar-refractivity contribution is -0.152. The lowest BCUT2D eigenvalue weighted by atomic mass is 9.84. The molecule has 1 saturated carbocycles. The van der Waals surface area contributed by atoms with E-state index in [-0.39, 0.29) is 30.2 Å². The highest BCUT2D eigenvalue weighted by molar-refractivity contribution is 8.00. The van der Waals surface area contributed by atoms with Crippen LogP contribution >= 0.6 is 11.8 Å². The summed E-state index contributed by atoms with van der Waals surface area (Å²) < 4.78 is 4.98. The van der Waals surface area contributed by atoms with Crippen molar-refractivity contribution >= 4 is 35.2 Å². The van der Waals surface area contributed by atoms with Gasteiger partial charge in [-0.3, -0.25) is 9.59 Å². The topological polar surface area (TPSA) is 66.9 Å². The molecule has 6 nitrogen and oxygen atoms in total. The van der Waals surface area contributed by atoms with E-state index in [2.05, 4.69) is 0 Å². The Kier molecular flexibility index (Phi) is 5.62. The summed E-state index contributed by atoms with van der Waals surface area (Å²) in [6.45, 7) is 0.344. The number of thioether (sulfide) groups is 1. The van der Waals surface area contributed by atoms with Gasteiger partial charge in [0.1, 0.15) is 6.04 Å². The number of hydrogen-bond donors (Lipinski definition) is 0. The summed E-state index contributed by atoms with van der Waals surface area (Å²) in [5.74, 6) is 0.435. The molecule has 1 aromatic carbocycles. The van der Waals surface area contributed by atoms with Crippen LogP contribution in [0.3, 0.4) is 0 Å². The Balaban J connectivity index is 1.49. The molecule has 150 valence electrons. The number of anilines is 1. The second kappa shape index (κ2) is 8.15. The number of benzene rings is 1. The summed E-state index contributed by atoms with van der Waals surface area (Å²) >= 11 is 1.53. The molecule has 3 atom stereocenters. The Labute approximate surface area is 169 Å². The van der Waals surface area contributed by atoms with Crippen molar-refractivity contribution in [3.8, 4) is 0 Å². The van der Waals surface area contributed by atoms with Gasteiger partial charge in [-0.25, -0.2) is 4.79 Å². The number of carbonyl (C=O) groups is 3. The zero-order chi connectivity index (χ0) is 19.7. The number of esters is 1. The summed E-state index contributed by atoms with van der Waals surface area (Å²) in [4.78, 5) is 42.5. The van der Waals surface area contributed by atoms with Gasteiger partial charge < -0.3 is 14.5 Å². The molecule has 0 spiro atoms. The molecule has 28 heavy (non-hydrogen) atoms. The lowest BCUT2D eigenvalue weighted by Gasteiger charge is -2.34. The van der Waals surface area contributed by atoms with Gasteiger partial charge in [0.25, 0.3) is 0 Å². The Bertz CT molecular complexity index is 783. The largest absolute Gasteiger partial charge is 0.467 e. The molecule has 2 aliphatic heterocycles. The van der Waals surface area contributed by atoms with Crippen LogP contribution in [0.15, 0.2) is 29.2 Å². The van der Waals surface area contributed by atoms with Crippen LogP contribution in [-0.2, 0) is 19.1 Å². The highest BCUT2D eigenvalue weighted by atomic mass is 32.2. The van der Waals surface area contributed by atoms with Gasteiger partial charge in [-0.15, -0.1) is 11.8 Å². The minimum atomic E-state index is -0.481. The number of nitrogens with zero attached hydrogens (tertiary/aromatic N) is 2. The highest BCUT2D eigenvalue weighted by Gasteiger charge is 2.47. The van der Waals surface area contributed by atoms with Crippen molar-refractivity contribution < 1.29 is 19.1 Å². The standard InChI is InChI=1S/C21H26N2O4S/c1-27-21(26)17-12-14-6-2-3-7-15(14)23(17)19(24)10-11-22-16-8-4-5-9-18(16)28-13-20(22)25/h4-5,8-9,14-15,17H,2-3,6-7,10-13H2,1H3/t14-,15-,17+/m1/s1. The third kappa shape index (κ3) is 3.52. The summed E-state index contributed by atoms with van der Waals surface area (Å²) in [5.41, 5.74) is 0.873. The van der Waals surface area contributed by atoms with Gasteiger partial charge in [0.05, 0.1) is 18.6 Å². The van der Waals surface area contributed by atoms with Crippen molar-refractivity contribution in [1.29, 1.82) is 0 Å². The molecule has 4 rings (SSSR count). The van der Waals surface area contributed by atoms with Gasteiger partial charge in [0.2, 0.25) is 11.8 Å². The van der Waals surface area contributed by atoms with Crippen molar-refractivity contribution in [3.63, 3.8) is 0 Å². The maximum Gasteiger partial charge on any atom is 0.328 e. The monoisotopic (exact) mass is 402 g/mol. The second-order valence-corrected chi connectivity index (χ2v) is 8.76. The number of likely N-dealkylation sites (tertiary alicyclic amines) is 1. The summed E-state index contributed by atoms with van der Waals surface area (Å²) in [7, 11) is 1.38. The molecule has 0 N–H and O–H groups in total. The third-order valence-electron chi connectivity index (χ3n) is 6.21. The van der Waals surface area contributed by atoms with E-state index in [0.29, 0.717) is 24.6 Å². The van der Waals surface area contributed by atoms with Gasteiger partial charge in [0, 0.05) is 23.9 Å². The van der Waals surface area contributed by atoms with Crippen LogP contribution in [-0.4, -0.2) is 54.2 Å². The molecule has 2 fully saturated rings. The zero-order valence-electron chi connectivity index (χ0n) is 16.1. The summed E-state index contributed by atoms with van der Waals surface area (Å²) in [6.07, 6.45) is 5.19. The smallest absolute Gasteiger partial charge is 0.328 e. The SMILES string of the molecule is COC(=O)[C@@H]1C[C@H]2CCCC[C@H]2N1C(=O)CCN1C(=O)CSc2ccccc21. The van der Waals surface area contributed by atoms with Crippen molar-refractivity contribution in [2.45, 2.75) is 55.5 Å². The van der Waals surface area contributed by atoms with E-state index in [1.54, 1.807) is 9.80 Å². The predicted molar refractivity (Wildman–Crippen MR) is 107 cm³/mol. The van der Waals surface area contributed by atoms with Crippen LogP contribution < -0.4 is 4.90 Å². The number of fused-ring (bicyclic) bond motifs is 2. The lowest BCUT2D eigenvalue weighted by Crippen LogP contribution is -2.48. The van der Waals surface area contributed by atoms with Crippen molar-refractivity contribution in [3.05, 3.63) is 24.3 Å². The highest BCUT2D eigenvalue weighted by Crippen LogP contribution is 2.41. The van der Waals surface area contributed by atoms with Crippen molar-refractivity contribution in [2.24, 2.45) is 5.92 Å². The molecule has 0 unspecified atom stereocenters. The number of hydrogen-bond acceptors (Lipinski definition) is 5. The Morgan fingerprint density at radius 3 is 2.82 bits per heavy atom. The summed E-state index contributed by atoms with van der Waals surface area (Å²) in [5, 5.41) is 0. The van der Waals surface area contributed by atoms with Crippen LogP contribution in [0, 0.1) is 5.92 Å². The average Bonchev–Trinajstić information content (AvgIpc) is 3.12. The van der Waals surface area contributed by atoms with Gasteiger partial charge >= 0.3 is 5.97 Å². The molecule has 1 aliphatic carbocycles. The van der Waals surface area contributed by atoms with Crippen LogP contribution in [0.5, 0.6) is 0 Å². The molecule has 1 aromatic rings. The average molecular weight is 403 g/mol. The number of carbonyl (C=O) groups excluding carboxylic acids is 3. The minimum absolute atomic E-state index is 0.0259. The van der Waals surface area contributed by atoms with Crippen molar-refractivity contribution in [1.82, 2.24) is 4.90 Å². The van der Waals surface area contributed by atoms with E-state index in [0.717, 1.165) is 36.3 Å². The van der Waals surface area contributed by atoms with Gasteiger partial charge in [-0.2, -0.15) is 0 Å². The molecular weight excluding hydrogens is 376 g/mol. The normalized spacial score (nSPS) is 26.6. The minimum Gasteiger partial charge on any atom is -0.467 e. The summed E-state index contributed by atoms with van der Waals surface area (Å²) in [6, 6.07) is 7.44. The number of rotatable bonds is 4. The van der Waals surface area contributed by atoms with E-state index in [1.165, 1.54) is 18.9 Å². The Morgan fingerprint density at radius 2 is 2.00 bits per heavy atom. The predicted octanol–water partition coefficient (Wildman–Crippen LogP) is 2.85. The maximum atomic E-state index is 13.2. The van der Waals surface area contributed by atoms with Crippen LogP contribution in [0.1, 0.15) is 38.5 Å². The van der Waals surface area contributed by atoms with E-state index < -0.39 is 6.04 Å². The van der Waals surface area contributed by atoms with Gasteiger partial charge in [0.15, 0.2) is 0 Å². The fraction of sp³-hybridized carbons (Fsp3) is 0.571. The zero-order valence-corrected chi connectivity index (χ0v) is 17.0. The molecule has 2 amide bonds.